The van der Waals surface area contributed by atoms with Crippen LogP contribution in [0.1, 0.15) is 5.69 Å². The molecule has 21 heavy (non-hydrogen) atoms. The van der Waals surface area contributed by atoms with Crippen molar-refractivity contribution >= 4 is 35.0 Å². The molecule has 0 aliphatic carbocycles. The van der Waals surface area contributed by atoms with Crippen LogP contribution in [0.15, 0.2) is 55.0 Å². The van der Waals surface area contributed by atoms with Crippen molar-refractivity contribution in [2.24, 2.45) is 0 Å². The average Bonchev–Trinajstić information content (AvgIpc) is 2.88. The van der Waals surface area contributed by atoms with Crippen LogP contribution < -0.4 is 5.32 Å². The fraction of sp³-hybridized carbons (Fsp3) is 0. The largest absolute Gasteiger partial charge is 0.307 e. The number of nitrogens with one attached hydrogen (secondary N) is 1. The molecule has 104 valence electrons. The standard InChI is InChI=1S/C15H11ClN4O/c16-11-6-7-17-13(9-11)19-15(21)5-4-12-10-18-14-3-1-2-8-20(12)14/h1-10H,(H,17,19,21)/b5-4+. The van der Waals surface area contributed by atoms with Crippen molar-refractivity contribution in [3.8, 4) is 0 Å². The zero-order valence-corrected chi connectivity index (χ0v) is 11.7. The number of fused-ring (bicyclic) bond motifs is 1. The number of hydrogen-bond donors (Lipinski definition) is 1. The lowest BCUT2D eigenvalue weighted by molar-refractivity contribution is -0.111. The van der Waals surface area contributed by atoms with Gasteiger partial charge in [-0.05, 0) is 30.3 Å². The van der Waals surface area contributed by atoms with Gasteiger partial charge in [-0.25, -0.2) is 9.97 Å². The van der Waals surface area contributed by atoms with Crippen LogP contribution >= 0.6 is 11.6 Å². The van der Waals surface area contributed by atoms with E-state index in [1.165, 1.54) is 12.3 Å². The van der Waals surface area contributed by atoms with Crippen molar-refractivity contribution in [3.05, 3.63) is 65.7 Å². The summed E-state index contributed by atoms with van der Waals surface area (Å²) in [6, 6.07) is 8.94. The van der Waals surface area contributed by atoms with E-state index in [9.17, 15) is 4.79 Å². The summed E-state index contributed by atoms with van der Waals surface area (Å²) in [5, 5.41) is 3.16. The Bertz CT molecular complexity index is 825. The van der Waals surface area contributed by atoms with Crippen LogP contribution in [-0.4, -0.2) is 20.3 Å². The number of anilines is 1. The lowest BCUT2D eigenvalue weighted by Gasteiger charge is -2.00. The van der Waals surface area contributed by atoms with Crippen molar-refractivity contribution < 1.29 is 4.79 Å². The van der Waals surface area contributed by atoms with Gasteiger partial charge in [0.15, 0.2) is 0 Å². The number of pyridine rings is 2. The number of carbonyl (C=O) groups is 1. The lowest BCUT2D eigenvalue weighted by Crippen LogP contribution is -2.08. The molecule has 5 nitrogen and oxygen atoms in total. The van der Waals surface area contributed by atoms with Crippen molar-refractivity contribution in [1.82, 2.24) is 14.4 Å². The van der Waals surface area contributed by atoms with Crippen molar-refractivity contribution in [2.75, 3.05) is 5.32 Å². The molecule has 0 aliphatic rings. The van der Waals surface area contributed by atoms with E-state index in [0.717, 1.165) is 11.3 Å². The maximum absolute atomic E-state index is 11.8. The molecule has 6 heteroatoms. The Morgan fingerprint density at radius 2 is 2.19 bits per heavy atom. The van der Waals surface area contributed by atoms with E-state index in [4.69, 9.17) is 11.6 Å². The molecule has 0 spiro atoms. The number of halogens is 1. The Kier molecular flexibility index (Phi) is 3.66. The van der Waals surface area contributed by atoms with Crippen LogP contribution in [0.25, 0.3) is 11.7 Å². The molecule has 0 unspecified atom stereocenters. The highest BCUT2D eigenvalue weighted by Crippen LogP contribution is 2.12. The number of imidazole rings is 1. The predicted octanol–water partition coefficient (Wildman–Crippen LogP) is 3.03. The molecule has 0 aliphatic heterocycles. The maximum atomic E-state index is 11.8. The van der Waals surface area contributed by atoms with Crippen LogP contribution in [0, 0.1) is 0 Å². The van der Waals surface area contributed by atoms with E-state index in [1.807, 2.05) is 28.8 Å². The first-order chi connectivity index (χ1) is 10.2. The summed E-state index contributed by atoms with van der Waals surface area (Å²) in [5.74, 6) is 0.131. The highest BCUT2D eigenvalue weighted by molar-refractivity contribution is 6.30. The number of nitrogens with zero attached hydrogens (tertiary/aromatic N) is 3. The molecule has 0 aromatic carbocycles. The lowest BCUT2D eigenvalue weighted by atomic mass is 10.3. The minimum absolute atomic E-state index is 0.282. The first-order valence-corrected chi connectivity index (χ1v) is 6.63. The minimum Gasteiger partial charge on any atom is -0.307 e. The van der Waals surface area contributed by atoms with E-state index < -0.39 is 0 Å². The topological polar surface area (TPSA) is 59.3 Å². The van der Waals surface area contributed by atoms with E-state index in [2.05, 4.69) is 15.3 Å². The van der Waals surface area contributed by atoms with Gasteiger partial charge in [-0.2, -0.15) is 0 Å². The molecule has 0 saturated carbocycles. The normalized spacial score (nSPS) is 11.1. The Hall–Kier alpha value is -2.66. The van der Waals surface area contributed by atoms with Gasteiger partial charge in [0.05, 0.1) is 11.9 Å². The van der Waals surface area contributed by atoms with Gasteiger partial charge < -0.3 is 9.72 Å². The summed E-state index contributed by atoms with van der Waals surface area (Å²) in [5.41, 5.74) is 1.65. The Morgan fingerprint density at radius 1 is 1.29 bits per heavy atom. The molecule has 0 fully saturated rings. The Morgan fingerprint density at radius 3 is 3.05 bits per heavy atom. The molecule has 0 atom stereocenters. The van der Waals surface area contributed by atoms with Crippen LogP contribution in [-0.2, 0) is 4.79 Å². The first-order valence-electron chi connectivity index (χ1n) is 6.25. The van der Waals surface area contributed by atoms with Gasteiger partial charge >= 0.3 is 0 Å². The van der Waals surface area contributed by atoms with Gasteiger partial charge in [-0.15, -0.1) is 0 Å². The molecule has 3 aromatic rings. The molecule has 3 aromatic heterocycles. The van der Waals surface area contributed by atoms with Crippen molar-refractivity contribution in [1.29, 1.82) is 0 Å². The summed E-state index contributed by atoms with van der Waals surface area (Å²) >= 11 is 5.83. The summed E-state index contributed by atoms with van der Waals surface area (Å²) in [4.78, 5) is 20.1. The van der Waals surface area contributed by atoms with Crippen LogP contribution in [0.4, 0.5) is 5.82 Å². The van der Waals surface area contributed by atoms with Gasteiger partial charge in [0.25, 0.3) is 0 Å². The second-order valence-electron chi connectivity index (χ2n) is 4.29. The Balaban J connectivity index is 1.75. The summed E-state index contributed by atoms with van der Waals surface area (Å²) in [7, 11) is 0. The third-order valence-corrected chi connectivity index (χ3v) is 3.06. The molecule has 0 bridgehead atoms. The van der Waals surface area contributed by atoms with Gasteiger partial charge in [0.2, 0.25) is 5.91 Å². The molecular formula is C15H11ClN4O. The summed E-state index contributed by atoms with van der Waals surface area (Å²) in [6.07, 6.45) is 8.25. The van der Waals surface area contributed by atoms with Crippen molar-refractivity contribution in [2.45, 2.75) is 0 Å². The van der Waals surface area contributed by atoms with Crippen molar-refractivity contribution in [3.63, 3.8) is 0 Å². The van der Waals surface area contributed by atoms with E-state index in [-0.39, 0.29) is 5.91 Å². The molecular weight excluding hydrogens is 288 g/mol. The highest BCUT2D eigenvalue weighted by atomic mass is 35.5. The van der Waals surface area contributed by atoms with Gasteiger partial charge in [0, 0.05) is 23.5 Å². The van der Waals surface area contributed by atoms with Crippen LogP contribution in [0.2, 0.25) is 5.02 Å². The number of rotatable bonds is 3. The third kappa shape index (κ3) is 3.09. The number of amides is 1. The maximum Gasteiger partial charge on any atom is 0.249 e. The minimum atomic E-state index is -0.282. The van der Waals surface area contributed by atoms with Crippen LogP contribution in [0.5, 0.6) is 0 Å². The number of carbonyl (C=O) groups excluding carboxylic acids is 1. The quantitative estimate of drug-likeness (QED) is 0.756. The van der Waals surface area contributed by atoms with Gasteiger partial charge in [0.1, 0.15) is 11.5 Å². The molecule has 0 radical (unpaired) electrons. The fourth-order valence-corrected chi connectivity index (χ4v) is 2.04. The average molecular weight is 299 g/mol. The highest BCUT2D eigenvalue weighted by Gasteiger charge is 2.02. The van der Waals surface area contributed by atoms with Gasteiger partial charge in [-0.1, -0.05) is 17.7 Å². The molecule has 3 heterocycles. The third-order valence-electron chi connectivity index (χ3n) is 2.82. The van der Waals surface area contributed by atoms with E-state index >= 15 is 0 Å². The smallest absolute Gasteiger partial charge is 0.249 e. The zero-order chi connectivity index (χ0) is 14.7. The fourth-order valence-electron chi connectivity index (χ4n) is 1.88. The van der Waals surface area contributed by atoms with Crippen LogP contribution in [0.3, 0.4) is 0 Å². The van der Waals surface area contributed by atoms with E-state index in [0.29, 0.717) is 10.8 Å². The molecule has 0 saturated heterocycles. The zero-order valence-electron chi connectivity index (χ0n) is 10.9. The molecule has 3 rings (SSSR count). The summed E-state index contributed by atoms with van der Waals surface area (Å²) < 4.78 is 1.89. The van der Waals surface area contributed by atoms with Gasteiger partial charge in [-0.3, -0.25) is 4.79 Å². The second kappa shape index (κ2) is 5.76. The first kappa shape index (κ1) is 13.3. The SMILES string of the molecule is O=C(/C=C/c1cnc2ccccn12)Nc1cc(Cl)ccn1. The summed E-state index contributed by atoms with van der Waals surface area (Å²) in [6.45, 7) is 0. The number of hydrogen-bond acceptors (Lipinski definition) is 3. The predicted molar refractivity (Wildman–Crippen MR) is 82.1 cm³/mol. The Labute approximate surface area is 125 Å². The molecule has 1 amide bonds. The second-order valence-corrected chi connectivity index (χ2v) is 4.73. The number of aromatic nitrogens is 3. The monoisotopic (exact) mass is 298 g/mol. The van der Waals surface area contributed by atoms with E-state index in [1.54, 1.807) is 24.4 Å². The molecule has 1 N–H and O–H groups in total.